The Labute approximate surface area is 246 Å². The number of ketones is 2. The van der Waals surface area contributed by atoms with Gasteiger partial charge in [-0.05, 0) is 87.7 Å². The quantitative estimate of drug-likeness (QED) is 0.264. The topological polar surface area (TPSA) is 93.2 Å². The van der Waals surface area contributed by atoms with Crippen molar-refractivity contribution in [2.75, 3.05) is 27.3 Å². The normalized spacial score (nSPS) is 22.8. The van der Waals surface area contributed by atoms with E-state index in [1.54, 1.807) is 18.2 Å². The number of Topliss-reactive ketones (excluding diaryl/α,β-unsaturated/α-hetero) is 2. The lowest BCUT2D eigenvalue weighted by molar-refractivity contribution is -0.148. The van der Waals surface area contributed by atoms with Gasteiger partial charge in [0.15, 0.2) is 24.8 Å². The summed E-state index contributed by atoms with van der Waals surface area (Å²) in [7, 11) is 3.82. The van der Waals surface area contributed by atoms with Crippen molar-refractivity contribution in [1.29, 1.82) is 0 Å². The number of fused-ring (bicyclic) bond motifs is 1. The van der Waals surface area contributed by atoms with Crippen molar-refractivity contribution < 1.29 is 28.7 Å². The van der Waals surface area contributed by atoms with Crippen molar-refractivity contribution in [3.8, 4) is 11.1 Å². The van der Waals surface area contributed by atoms with Crippen LogP contribution in [0.25, 0.3) is 21.9 Å². The summed E-state index contributed by atoms with van der Waals surface area (Å²) in [6.45, 7) is 3.60. The average Bonchev–Trinajstić information content (AvgIpc) is 3.53. The fourth-order valence-electron chi connectivity index (χ4n) is 5.88. The van der Waals surface area contributed by atoms with Crippen LogP contribution in [-0.4, -0.2) is 84.8 Å². The van der Waals surface area contributed by atoms with Crippen molar-refractivity contribution in [2.45, 2.75) is 63.7 Å². The lowest BCUT2D eigenvalue weighted by atomic mass is 9.98. The first-order chi connectivity index (χ1) is 20.1. The number of likely N-dealkylation sites (N-methyl/N-ethyl adjacent to an activating group) is 2. The molecule has 0 aromatic heterocycles. The van der Waals surface area contributed by atoms with Crippen molar-refractivity contribution in [1.82, 2.24) is 9.80 Å². The highest BCUT2D eigenvalue weighted by molar-refractivity contribution is 6.02. The van der Waals surface area contributed by atoms with Gasteiger partial charge in [-0.25, -0.2) is 0 Å². The fraction of sp³-hybridized carbons (Fsp3) is 0.412. The van der Waals surface area contributed by atoms with Gasteiger partial charge in [0, 0.05) is 23.2 Å². The molecule has 0 N–H and O–H groups in total. The van der Waals surface area contributed by atoms with E-state index in [9.17, 15) is 19.2 Å². The summed E-state index contributed by atoms with van der Waals surface area (Å²) in [5.41, 5.74) is 2.88. The third kappa shape index (κ3) is 6.30. The lowest BCUT2D eigenvalue weighted by Gasteiger charge is -2.21. The number of hydrogen-bond acceptors (Lipinski definition) is 8. The summed E-state index contributed by atoms with van der Waals surface area (Å²) in [6, 6.07) is 18.7. The van der Waals surface area contributed by atoms with Crippen LogP contribution < -0.4 is 0 Å². The molecule has 3 aromatic carbocycles. The third-order valence-electron chi connectivity index (χ3n) is 9.03. The summed E-state index contributed by atoms with van der Waals surface area (Å²) in [5.74, 6) is -1.17. The largest absolute Gasteiger partial charge is 0.456 e. The summed E-state index contributed by atoms with van der Waals surface area (Å²) in [6.07, 6.45) is 3.37. The maximum Gasteiger partial charge on any atom is 0.323 e. The number of carbonyl (C=O) groups excluding carboxylic acids is 4. The monoisotopic (exact) mass is 570 g/mol. The van der Waals surface area contributed by atoms with E-state index < -0.39 is 0 Å². The SMILES string of the molecule is CC1CCC(C(=O)OCC(=O)c2ccc(-c3ccc4cc(C(=O)COC(=O)C5CCC(C)N5C)ccc4c3)cc2)N1C. The molecule has 3 aromatic rings. The van der Waals surface area contributed by atoms with Crippen molar-refractivity contribution in [2.24, 2.45) is 0 Å². The Kier molecular flexibility index (Phi) is 8.85. The minimum Gasteiger partial charge on any atom is -0.456 e. The molecular weight excluding hydrogens is 532 g/mol. The zero-order chi connectivity index (χ0) is 30.0. The Morgan fingerprint density at radius 1 is 0.619 bits per heavy atom. The van der Waals surface area contributed by atoms with E-state index in [-0.39, 0.29) is 48.8 Å². The highest BCUT2D eigenvalue weighted by Gasteiger charge is 2.35. The number of ether oxygens (including phenoxy) is 2. The van der Waals surface area contributed by atoms with Gasteiger partial charge in [0.25, 0.3) is 0 Å². The predicted octanol–water partition coefficient (Wildman–Crippen LogP) is 4.92. The second-order valence-electron chi connectivity index (χ2n) is 11.6. The molecule has 0 bridgehead atoms. The summed E-state index contributed by atoms with van der Waals surface area (Å²) in [4.78, 5) is 54.3. The second-order valence-corrected chi connectivity index (χ2v) is 11.6. The van der Waals surface area contributed by atoms with Crippen LogP contribution in [-0.2, 0) is 19.1 Å². The first-order valence-electron chi connectivity index (χ1n) is 14.6. The van der Waals surface area contributed by atoms with E-state index in [1.165, 1.54) is 0 Å². The Balaban J connectivity index is 1.17. The number of likely N-dealkylation sites (tertiary alicyclic amines) is 2. The molecule has 2 fully saturated rings. The molecule has 0 spiro atoms. The van der Waals surface area contributed by atoms with Gasteiger partial charge in [-0.15, -0.1) is 0 Å². The van der Waals surface area contributed by atoms with Crippen LogP contribution in [0.15, 0.2) is 60.7 Å². The van der Waals surface area contributed by atoms with E-state index in [0.29, 0.717) is 23.2 Å². The number of esters is 2. The number of benzene rings is 3. The molecular formula is C34H38N2O6. The van der Waals surface area contributed by atoms with Crippen LogP contribution in [0.1, 0.15) is 60.2 Å². The molecule has 5 rings (SSSR count). The summed E-state index contributed by atoms with van der Waals surface area (Å²) >= 11 is 0. The van der Waals surface area contributed by atoms with Crippen LogP contribution in [0, 0.1) is 0 Å². The summed E-state index contributed by atoms with van der Waals surface area (Å²) < 4.78 is 10.7. The average molecular weight is 571 g/mol. The maximum atomic E-state index is 12.8. The zero-order valence-corrected chi connectivity index (χ0v) is 24.7. The number of rotatable bonds is 9. The molecule has 0 saturated carbocycles. The molecule has 2 heterocycles. The smallest absolute Gasteiger partial charge is 0.323 e. The van der Waals surface area contributed by atoms with Gasteiger partial charge in [-0.2, -0.15) is 0 Å². The molecule has 0 amide bonds. The van der Waals surface area contributed by atoms with E-state index in [2.05, 4.69) is 13.8 Å². The van der Waals surface area contributed by atoms with Gasteiger partial charge in [-0.3, -0.25) is 29.0 Å². The van der Waals surface area contributed by atoms with Crippen molar-refractivity contribution >= 4 is 34.3 Å². The molecule has 220 valence electrons. The third-order valence-corrected chi connectivity index (χ3v) is 9.03. The van der Waals surface area contributed by atoms with Gasteiger partial charge < -0.3 is 9.47 Å². The highest BCUT2D eigenvalue weighted by Crippen LogP contribution is 2.27. The van der Waals surface area contributed by atoms with E-state index in [0.717, 1.165) is 47.6 Å². The van der Waals surface area contributed by atoms with E-state index in [1.807, 2.05) is 66.4 Å². The van der Waals surface area contributed by atoms with Gasteiger partial charge >= 0.3 is 11.9 Å². The minimum atomic E-state index is -0.347. The number of nitrogens with zero attached hydrogens (tertiary/aromatic N) is 2. The second kappa shape index (κ2) is 12.5. The van der Waals surface area contributed by atoms with Gasteiger partial charge in [0.05, 0.1) is 0 Å². The molecule has 42 heavy (non-hydrogen) atoms. The molecule has 4 atom stereocenters. The maximum absolute atomic E-state index is 12.8. The van der Waals surface area contributed by atoms with Crippen LogP contribution >= 0.6 is 0 Å². The van der Waals surface area contributed by atoms with Gasteiger partial charge in [0.2, 0.25) is 0 Å². The first kappa shape index (κ1) is 29.6. The van der Waals surface area contributed by atoms with Crippen LogP contribution in [0.2, 0.25) is 0 Å². The molecule has 0 aliphatic carbocycles. The Morgan fingerprint density at radius 2 is 1.07 bits per heavy atom. The highest BCUT2D eigenvalue weighted by atomic mass is 16.5. The Morgan fingerprint density at radius 3 is 1.60 bits per heavy atom. The Bertz CT molecular complexity index is 1500. The van der Waals surface area contributed by atoms with Gasteiger partial charge in [-0.1, -0.05) is 48.5 Å². The van der Waals surface area contributed by atoms with Crippen molar-refractivity contribution in [3.05, 3.63) is 71.8 Å². The molecule has 0 radical (unpaired) electrons. The van der Waals surface area contributed by atoms with Crippen LogP contribution in [0.5, 0.6) is 0 Å². The molecule has 8 heteroatoms. The van der Waals surface area contributed by atoms with Crippen LogP contribution in [0.3, 0.4) is 0 Å². The molecule has 2 saturated heterocycles. The van der Waals surface area contributed by atoms with Gasteiger partial charge in [0.1, 0.15) is 12.1 Å². The summed E-state index contributed by atoms with van der Waals surface area (Å²) in [5, 5.41) is 1.86. The van der Waals surface area contributed by atoms with Crippen LogP contribution in [0.4, 0.5) is 0 Å². The van der Waals surface area contributed by atoms with E-state index in [4.69, 9.17) is 9.47 Å². The lowest BCUT2D eigenvalue weighted by Crippen LogP contribution is -2.38. The minimum absolute atomic E-state index is 0.237. The number of hydrogen-bond donors (Lipinski definition) is 0. The van der Waals surface area contributed by atoms with E-state index >= 15 is 0 Å². The fourth-order valence-corrected chi connectivity index (χ4v) is 5.88. The molecule has 2 aliphatic heterocycles. The molecule has 4 unspecified atom stereocenters. The predicted molar refractivity (Wildman–Crippen MR) is 160 cm³/mol. The molecule has 2 aliphatic rings. The standard InChI is InChI=1S/C34H38N2O6/c1-21-5-15-29(35(21)3)33(39)41-19-31(37)24-9-7-23(8-10-24)25-11-12-27-18-28(14-13-26(27)17-25)32(38)20-42-34(40)30-16-6-22(2)36(30)4/h7-14,17-18,21-22,29-30H,5-6,15-16,19-20H2,1-4H3. The zero-order valence-electron chi connectivity index (χ0n) is 24.7. The Hall–Kier alpha value is -3.88. The first-order valence-corrected chi connectivity index (χ1v) is 14.6. The molecule has 8 nitrogen and oxygen atoms in total. The number of carbonyl (C=O) groups is 4. The van der Waals surface area contributed by atoms with Crippen molar-refractivity contribution in [3.63, 3.8) is 0 Å².